The molecule has 0 saturated carbocycles. The molecule has 1 N–H and O–H groups in total. The highest BCUT2D eigenvalue weighted by Gasteiger charge is 2.35. The van der Waals surface area contributed by atoms with Gasteiger partial charge in [-0.25, -0.2) is 4.79 Å². The quantitative estimate of drug-likeness (QED) is 0.839. The second-order valence-corrected chi connectivity index (χ2v) is 6.12. The molecular formula is C20H20N2O4. The summed E-state index contributed by atoms with van der Waals surface area (Å²) in [6, 6.07) is 15.6. The van der Waals surface area contributed by atoms with Gasteiger partial charge in [0.1, 0.15) is 6.04 Å². The minimum Gasteiger partial charge on any atom is -0.465 e. The highest BCUT2D eigenvalue weighted by atomic mass is 16.5. The van der Waals surface area contributed by atoms with Crippen LogP contribution in [0.15, 0.2) is 54.6 Å². The third kappa shape index (κ3) is 3.91. The van der Waals surface area contributed by atoms with Gasteiger partial charge < -0.3 is 15.0 Å². The van der Waals surface area contributed by atoms with Gasteiger partial charge in [0.2, 0.25) is 11.8 Å². The molecule has 0 spiro atoms. The molecule has 1 saturated heterocycles. The summed E-state index contributed by atoms with van der Waals surface area (Å²) in [5, 5.41) is 2.82. The van der Waals surface area contributed by atoms with Crippen molar-refractivity contribution in [3.8, 4) is 0 Å². The summed E-state index contributed by atoms with van der Waals surface area (Å²) in [7, 11) is 1.32. The predicted octanol–water partition coefficient (Wildman–Crippen LogP) is 2.60. The normalized spacial score (nSPS) is 16.4. The van der Waals surface area contributed by atoms with Crippen LogP contribution in [0.25, 0.3) is 0 Å². The molecule has 1 atom stereocenters. The summed E-state index contributed by atoms with van der Waals surface area (Å²) in [4.78, 5) is 37.9. The van der Waals surface area contributed by atoms with E-state index in [1.165, 1.54) is 7.11 Å². The number of ether oxygens (including phenoxy) is 1. The molecular weight excluding hydrogens is 332 g/mol. The van der Waals surface area contributed by atoms with E-state index in [0.29, 0.717) is 30.6 Å². The van der Waals surface area contributed by atoms with Gasteiger partial charge in [-0.05, 0) is 36.2 Å². The van der Waals surface area contributed by atoms with Crippen molar-refractivity contribution in [1.82, 2.24) is 4.90 Å². The maximum atomic E-state index is 12.6. The van der Waals surface area contributed by atoms with E-state index in [9.17, 15) is 14.4 Å². The number of hydrogen-bond acceptors (Lipinski definition) is 4. The Balaban J connectivity index is 1.68. The van der Waals surface area contributed by atoms with E-state index in [0.717, 1.165) is 5.56 Å². The summed E-state index contributed by atoms with van der Waals surface area (Å²) in [6.45, 7) is 0.416. The Kier molecular flexibility index (Phi) is 5.31. The van der Waals surface area contributed by atoms with Crippen LogP contribution in [0, 0.1) is 0 Å². The molecule has 0 bridgehead atoms. The third-order valence-electron chi connectivity index (χ3n) is 4.40. The molecule has 2 amide bonds. The van der Waals surface area contributed by atoms with Crippen molar-refractivity contribution < 1.29 is 19.1 Å². The first-order valence-electron chi connectivity index (χ1n) is 8.41. The number of nitrogens with one attached hydrogen (secondary N) is 1. The van der Waals surface area contributed by atoms with Crippen molar-refractivity contribution in [2.75, 3.05) is 12.4 Å². The van der Waals surface area contributed by atoms with Gasteiger partial charge in [0, 0.05) is 18.7 Å². The fraction of sp³-hybridized carbons (Fsp3) is 0.250. The van der Waals surface area contributed by atoms with Gasteiger partial charge in [0.05, 0.1) is 12.7 Å². The van der Waals surface area contributed by atoms with Gasteiger partial charge in [-0.2, -0.15) is 0 Å². The lowest BCUT2D eigenvalue weighted by Gasteiger charge is -2.24. The van der Waals surface area contributed by atoms with Crippen molar-refractivity contribution in [3.63, 3.8) is 0 Å². The lowest BCUT2D eigenvalue weighted by Crippen LogP contribution is -2.41. The van der Waals surface area contributed by atoms with Gasteiger partial charge in [0.15, 0.2) is 0 Å². The number of amides is 2. The zero-order valence-corrected chi connectivity index (χ0v) is 14.5. The minimum absolute atomic E-state index is 0.0185. The predicted molar refractivity (Wildman–Crippen MR) is 96.4 cm³/mol. The molecule has 0 radical (unpaired) electrons. The van der Waals surface area contributed by atoms with Crippen LogP contribution in [0.4, 0.5) is 5.69 Å². The van der Waals surface area contributed by atoms with Crippen LogP contribution in [0.5, 0.6) is 0 Å². The number of carbonyl (C=O) groups excluding carboxylic acids is 3. The first-order chi connectivity index (χ1) is 12.6. The Morgan fingerprint density at radius 2 is 1.81 bits per heavy atom. The molecule has 1 aliphatic rings. The highest BCUT2D eigenvalue weighted by molar-refractivity contribution is 5.99. The molecule has 1 unspecified atom stereocenters. The molecule has 2 aromatic rings. The van der Waals surface area contributed by atoms with Crippen LogP contribution in [0.3, 0.4) is 0 Å². The molecule has 0 aromatic heterocycles. The molecule has 0 aliphatic carbocycles. The number of likely N-dealkylation sites (tertiary alicyclic amines) is 1. The number of anilines is 1. The first kappa shape index (κ1) is 17.7. The standard InChI is InChI=1S/C20H20N2O4/c1-26-20(25)15-7-9-16(10-8-15)21-19(24)17-11-12-18(23)22(17)13-14-5-3-2-4-6-14/h2-10,17H,11-13H2,1H3,(H,21,24). The maximum absolute atomic E-state index is 12.6. The Morgan fingerprint density at radius 3 is 2.46 bits per heavy atom. The van der Waals surface area contributed by atoms with Crippen molar-refractivity contribution in [2.45, 2.75) is 25.4 Å². The van der Waals surface area contributed by atoms with E-state index >= 15 is 0 Å². The maximum Gasteiger partial charge on any atom is 0.337 e. The minimum atomic E-state index is -0.497. The number of methoxy groups -OCH3 is 1. The second kappa shape index (κ2) is 7.82. The number of carbonyl (C=O) groups is 3. The Labute approximate surface area is 151 Å². The number of benzene rings is 2. The Hall–Kier alpha value is -3.15. The van der Waals surface area contributed by atoms with Crippen LogP contribution in [-0.2, 0) is 20.9 Å². The first-order valence-corrected chi connectivity index (χ1v) is 8.41. The summed E-state index contributed by atoms with van der Waals surface area (Å²) in [5.41, 5.74) is 1.97. The van der Waals surface area contributed by atoms with Gasteiger partial charge >= 0.3 is 5.97 Å². The molecule has 6 nitrogen and oxygen atoms in total. The average Bonchev–Trinajstić information content (AvgIpc) is 3.03. The topological polar surface area (TPSA) is 75.7 Å². The number of nitrogens with zero attached hydrogens (tertiary/aromatic N) is 1. The second-order valence-electron chi connectivity index (χ2n) is 6.12. The van der Waals surface area contributed by atoms with E-state index in [1.54, 1.807) is 29.2 Å². The largest absolute Gasteiger partial charge is 0.465 e. The zero-order valence-electron chi connectivity index (χ0n) is 14.5. The molecule has 2 aromatic carbocycles. The molecule has 1 heterocycles. The number of hydrogen-bond donors (Lipinski definition) is 1. The molecule has 6 heteroatoms. The van der Waals surface area contributed by atoms with Crippen molar-refractivity contribution in [2.24, 2.45) is 0 Å². The molecule has 3 rings (SSSR count). The Morgan fingerprint density at radius 1 is 1.12 bits per heavy atom. The van der Waals surface area contributed by atoms with Crippen molar-refractivity contribution >= 4 is 23.5 Å². The fourth-order valence-corrected chi connectivity index (χ4v) is 3.02. The van der Waals surface area contributed by atoms with Gasteiger partial charge in [-0.15, -0.1) is 0 Å². The lowest BCUT2D eigenvalue weighted by atomic mass is 10.1. The molecule has 1 aliphatic heterocycles. The molecule has 1 fully saturated rings. The van der Waals surface area contributed by atoms with E-state index in [4.69, 9.17) is 0 Å². The van der Waals surface area contributed by atoms with Crippen molar-refractivity contribution in [3.05, 3.63) is 65.7 Å². The summed E-state index contributed by atoms with van der Waals surface area (Å²) >= 11 is 0. The van der Waals surface area contributed by atoms with Crippen molar-refractivity contribution in [1.29, 1.82) is 0 Å². The van der Waals surface area contributed by atoms with Crippen LogP contribution in [-0.4, -0.2) is 35.8 Å². The van der Waals surface area contributed by atoms with Crippen LogP contribution in [0.2, 0.25) is 0 Å². The molecule has 134 valence electrons. The van der Waals surface area contributed by atoms with Crippen LogP contribution < -0.4 is 5.32 Å². The molecule has 26 heavy (non-hydrogen) atoms. The lowest BCUT2D eigenvalue weighted by molar-refractivity contribution is -0.133. The number of esters is 1. The smallest absolute Gasteiger partial charge is 0.337 e. The van der Waals surface area contributed by atoms with Gasteiger partial charge in [-0.1, -0.05) is 30.3 Å². The average molecular weight is 352 g/mol. The monoisotopic (exact) mass is 352 g/mol. The van der Waals surface area contributed by atoms with Gasteiger partial charge in [-0.3, -0.25) is 9.59 Å². The van der Waals surface area contributed by atoms with E-state index < -0.39 is 12.0 Å². The summed E-state index contributed by atoms with van der Waals surface area (Å²) in [5.74, 6) is -0.675. The van der Waals surface area contributed by atoms with Gasteiger partial charge in [0.25, 0.3) is 0 Å². The zero-order chi connectivity index (χ0) is 18.5. The van der Waals surface area contributed by atoms with E-state index in [1.807, 2.05) is 30.3 Å². The summed E-state index contributed by atoms with van der Waals surface area (Å²) < 4.78 is 4.65. The number of rotatable bonds is 5. The van der Waals surface area contributed by atoms with Crippen LogP contribution >= 0.6 is 0 Å². The summed E-state index contributed by atoms with van der Waals surface area (Å²) in [6.07, 6.45) is 0.865. The van der Waals surface area contributed by atoms with E-state index in [2.05, 4.69) is 10.1 Å². The SMILES string of the molecule is COC(=O)c1ccc(NC(=O)C2CCC(=O)N2Cc2ccccc2)cc1. The Bertz CT molecular complexity index is 802. The van der Waals surface area contributed by atoms with E-state index in [-0.39, 0.29) is 11.8 Å². The highest BCUT2D eigenvalue weighted by Crippen LogP contribution is 2.23. The van der Waals surface area contributed by atoms with Crippen LogP contribution in [0.1, 0.15) is 28.8 Å². The third-order valence-corrected chi connectivity index (χ3v) is 4.40. The fourth-order valence-electron chi connectivity index (χ4n) is 3.02.